The van der Waals surface area contributed by atoms with Gasteiger partial charge in [0.25, 0.3) is 0 Å². The van der Waals surface area contributed by atoms with E-state index in [0.717, 1.165) is 5.56 Å². The van der Waals surface area contributed by atoms with Crippen LogP contribution in [0.25, 0.3) is 0 Å². The standard InChI is InChI=1S/C12H16FNO2/c1-8-6-10(4-5-11(8)13)7-14-9(2)12(15)16-3/h4-6,9,14H,7H2,1-3H3/t9-/m0/s1. The van der Waals surface area contributed by atoms with E-state index >= 15 is 0 Å². The number of nitrogens with one attached hydrogen (secondary N) is 1. The second kappa shape index (κ2) is 5.61. The second-order valence-corrected chi connectivity index (χ2v) is 3.71. The highest BCUT2D eigenvalue weighted by molar-refractivity contribution is 5.75. The van der Waals surface area contributed by atoms with Gasteiger partial charge in [0, 0.05) is 6.54 Å². The van der Waals surface area contributed by atoms with Crippen molar-refractivity contribution < 1.29 is 13.9 Å². The average Bonchev–Trinajstić information content (AvgIpc) is 2.29. The molecule has 0 saturated carbocycles. The molecule has 3 nitrogen and oxygen atoms in total. The normalized spacial score (nSPS) is 12.2. The summed E-state index contributed by atoms with van der Waals surface area (Å²) in [5.74, 6) is -0.524. The summed E-state index contributed by atoms with van der Waals surface area (Å²) in [5.41, 5.74) is 1.54. The van der Waals surface area contributed by atoms with E-state index in [-0.39, 0.29) is 17.8 Å². The van der Waals surface area contributed by atoms with Gasteiger partial charge in [0.2, 0.25) is 0 Å². The van der Waals surface area contributed by atoms with E-state index in [9.17, 15) is 9.18 Å². The van der Waals surface area contributed by atoms with E-state index in [1.54, 1.807) is 26.0 Å². The van der Waals surface area contributed by atoms with Gasteiger partial charge in [-0.2, -0.15) is 0 Å². The highest BCUT2D eigenvalue weighted by Crippen LogP contribution is 2.09. The minimum Gasteiger partial charge on any atom is -0.468 e. The lowest BCUT2D eigenvalue weighted by molar-refractivity contribution is -0.142. The Hall–Kier alpha value is -1.42. The molecule has 1 rings (SSSR count). The van der Waals surface area contributed by atoms with Gasteiger partial charge in [0.1, 0.15) is 11.9 Å². The summed E-state index contributed by atoms with van der Waals surface area (Å²) in [6.45, 7) is 3.95. The monoisotopic (exact) mass is 225 g/mol. The molecular weight excluding hydrogens is 209 g/mol. The van der Waals surface area contributed by atoms with Gasteiger partial charge in [-0.05, 0) is 31.0 Å². The molecule has 16 heavy (non-hydrogen) atoms. The van der Waals surface area contributed by atoms with Gasteiger partial charge in [-0.1, -0.05) is 12.1 Å². The Morgan fingerprint density at radius 3 is 2.81 bits per heavy atom. The summed E-state index contributed by atoms with van der Waals surface area (Å²) in [4.78, 5) is 11.1. The number of methoxy groups -OCH3 is 1. The van der Waals surface area contributed by atoms with E-state index in [2.05, 4.69) is 10.1 Å². The van der Waals surface area contributed by atoms with E-state index in [1.807, 2.05) is 0 Å². The molecule has 0 fully saturated rings. The highest BCUT2D eigenvalue weighted by atomic mass is 19.1. The number of carbonyl (C=O) groups excluding carboxylic acids is 1. The summed E-state index contributed by atoms with van der Waals surface area (Å²) in [5, 5.41) is 3.00. The van der Waals surface area contributed by atoms with Crippen molar-refractivity contribution in [3.63, 3.8) is 0 Å². The predicted octanol–water partition coefficient (Wildman–Crippen LogP) is 1.79. The third-order valence-corrected chi connectivity index (χ3v) is 2.39. The average molecular weight is 225 g/mol. The van der Waals surface area contributed by atoms with Crippen LogP contribution in [0.5, 0.6) is 0 Å². The molecule has 0 aliphatic heterocycles. The molecule has 1 N–H and O–H groups in total. The summed E-state index contributed by atoms with van der Waals surface area (Å²) < 4.78 is 17.6. The smallest absolute Gasteiger partial charge is 0.322 e. The lowest BCUT2D eigenvalue weighted by Gasteiger charge is -2.11. The van der Waals surface area contributed by atoms with Gasteiger partial charge < -0.3 is 10.1 Å². The third-order valence-electron chi connectivity index (χ3n) is 2.39. The van der Waals surface area contributed by atoms with Gasteiger partial charge in [-0.3, -0.25) is 4.79 Å². The number of ether oxygens (including phenoxy) is 1. The van der Waals surface area contributed by atoms with Crippen LogP contribution < -0.4 is 5.32 Å². The van der Waals surface area contributed by atoms with E-state index in [0.29, 0.717) is 12.1 Å². The topological polar surface area (TPSA) is 38.3 Å². The molecule has 4 heteroatoms. The molecule has 0 saturated heterocycles. The van der Waals surface area contributed by atoms with Crippen molar-refractivity contribution in [2.24, 2.45) is 0 Å². The largest absolute Gasteiger partial charge is 0.468 e. The fourth-order valence-electron chi connectivity index (χ4n) is 1.35. The van der Waals surface area contributed by atoms with Crippen LogP contribution in [-0.2, 0) is 16.1 Å². The maximum absolute atomic E-state index is 13.0. The number of esters is 1. The number of benzene rings is 1. The van der Waals surface area contributed by atoms with Gasteiger partial charge in [0.15, 0.2) is 0 Å². The molecule has 0 bridgehead atoms. The Labute approximate surface area is 94.6 Å². The maximum Gasteiger partial charge on any atom is 0.322 e. The minimum absolute atomic E-state index is 0.218. The summed E-state index contributed by atoms with van der Waals surface area (Å²) in [6.07, 6.45) is 0. The van der Waals surface area contributed by atoms with Crippen molar-refractivity contribution in [2.45, 2.75) is 26.4 Å². The van der Waals surface area contributed by atoms with Crippen LogP contribution in [-0.4, -0.2) is 19.1 Å². The SMILES string of the molecule is COC(=O)[C@H](C)NCc1ccc(F)c(C)c1. The fourth-order valence-corrected chi connectivity index (χ4v) is 1.35. The molecule has 0 aromatic heterocycles. The quantitative estimate of drug-likeness (QED) is 0.794. The third kappa shape index (κ3) is 3.31. The summed E-state index contributed by atoms with van der Waals surface area (Å²) >= 11 is 0. The molecule has 1 atom stereocenters. The van der Waals surface area contributed by atoms with Crippen molar-refractivity contribution in [2.75, 3.05) is 7.11 Å². The molecule has 0 heterocycles. The van der Waals surface area contributed by atoms with Crippen molar-refractivity contribution in [3.8, 4) is 0 Å². The van der Waals surface area contributed by atoms with Crippen molar-refractivity contribution >= 4 is 5.97 Å². The zero-order chi connectivity index (χ0) is 12.1. The Kier molecular flexibility index (Phi) is 4.43. The number of hydrogen-bond acceptors (Lipinski definition) is 3. The van der Waals surface area contributed by atoms with Crippen LogP contribution in [0.3, 0.4) is 0 Å². The molecule has 0 amide bonds. The number of rotatable bonds is 4. The molecule has 0 spiro atoms. The predicted molar refractivity (Wildman–Crippen MR) is 59.5 cm³/mol. The first kappa shape index (κ1) is 12.6. The van der Waals surface area contributed by atoms with Crippen LogP contribution in [0.4, 0.5) is 4.39 Å². The lowest BCUT2D eigenvalue weighted by Crippen LogP contribution is -2.34. The zero-order valence-electron chi connectivity index (χ0n) is 9.71. The minimum atomic E-state index is -0.365. The molecule has 1 aromatic rings. The van der Waals surface area contributed by atoms with E-state index in [4.69, 9.17) is 0 Å². The molecular formula is C12H16FNO2. The van der Waals surface area contributed by atoms with Crippen LogP contribution in [0.1, 0.15) is 18.1 Å². The van der Waals surface area contributed by atoms with E-state index in [1.165, 1.54) is 13.2 Å². The fraction of sp³-hybridized carbons (Fsp3) is 0.417. The molecule has 1 aromatic carbocycles. The van der Waals surface area contributed by atoms with Crippen molar-refractivity contribution in [3.05, 3.63) is 35.1 Å². The first-order valence-electron chi connectivity index (χ1n) is 5.11. The number of hydrogen-bond donors (Lipinski definition) is 1. The Balaban J connectivity index is 2.55. The lowest BCUT2D eigenvalue weighted by atomic mass is 10.1. The van der Waals surface area contributed by atoms with Gasteiger partial charge in [-0.25, -0.2) is 4.39 Å². The van der Waals surface area contributed by atoms with Crippen molar-refractivity contribution in [1.29, 1.82) is 0 Å². The second-order valence-electron chi connectivity index (χ2n) is 3.71. The van der Waals surface area contributed by atoms with Crippen LogP contribution in [0, 0.1) is 12.7 Å². The molecule has 0 aliphatic carbocycles. The zero-order valence-corrected chi connectivity index (χ0v) is 9.71. The number of aryl methyl sites for hydroxylation is 1. The van der Waals surface area contributed by atoms with Crippen LogP contribution in [0.15, 0.2) is 18.2 Å². The summed E-state index contributed by atoms with van der Waals surface area (Å²) in [6, 6.07) is 4.51. The van der Waals surface area contributed by atoms with Crippen molar-refractivity contribution in [1.82, 2.24) is 5.32 Å². The maximum atomic E-state index is 13.0. The Bertz CT molecular complexity index is 379. The van der Waals surface area contributed by atoms with Gasteiger partial charge >= 0.3 is 5.97 Å². The molecule has 0 unspecified atom stereocenters. The van der Waals surface area contributed by atoms with Gasteiger partial charge in [0.05, 0.1) is 7.11 Å². The van der Waals surface area contributed by atoms with E-state index < -0.39 is 0 Å². The molecule has 0 radical (unpaired) electrons. The Morgan fingerprint density at radius 2 is 2.25 bits per heavy atom. The Morgan fingerprint density at radius 1 is 1.56 bits per heavy atom. The molecule has 88 valence electrons. The van der Waals surface area contributed by atoms with Crippen LogP contribution >= 0.6 is 0 Å². The first-order chi connectivity index (χ1) is 7.54. The highest BCUT2D eigenvalue weighted by Gasteiger charge is 2.11. The van der Waals surface area contributed by atoms with Gasteiger partial charge in [-0.15, -0.1) is 0 Å². The van der Waals surface area contributed by atoms with Crippen LogP contribution in [0.2, 0.25) is 0 Å². The first-order valence-corrected chi connectivity index (χ1v) is 5.11. The number of carbonyl (C=O) groups is 1. The molecule has 0 aliphatic rings. The number of halogens is 1. The summed E-state index contributed by atoms with van der Waals surface area (Å²) in [7, 11) is 1.35.